The van der Waals surface area contributed by atoms with Crippen molar-refractivity contribution in [2.24, 2.45) is 0 Å². The molecule has 58 heavy (non-hydrogen) atoms. The van der Waals surface area contributed by atoms with Gasteiger partial charge in [-0.15, -0.1) is 0 Å². The van der Waals surface area contributed by atoms with Gasteiger partial charge in [0.15, 0.2) is 6.10 Å². The predicted octanol–water partition coefficient (Wildman–Crippen LogP) is 7.77. The van der Waals surface area contributed by atoms with Crippen LogP contribution in [0.5, 0.6) is 0 Å². The smallest absolute Gasteiger partial charge is 0.462 e. The van der Waals surface area contributed by atoms with E-state index in [0.717, 1.165) is 64.2 Å². The SMILES string of the molecule is CC/C=C/C=C/C=C/CCCCCCCC(=O)OC(COC(=O)CCCCC/C=C/C=C/CCCCCCCCC)COP(=O)(O)OC1C(O)C(O)C(O)[C@H](O)C1O. The minimum absolute atomic E-state index is 0.0652. The number of hydrogen-bond acceptors (Lipinski definition) is 12. The van der Waals surface area contributed by atoms with Crippen molar-refractivity contribution in [3.8, 4) is 0 Å². The van der Waals surface area contributed by atoms with Gasteiger partial charge in [-0.2, -0.15) is 0 Å². The second-order valence-electron chi connectivity index (χ2n) is 14.9. The largest absolute Gasteiger partial charge is 0.472 e. The van der Waals surface area contributed by atoms with Crippen LogP contribution in [-0.2, 0) is 32.7 Å². The van der Waals surface area contributed by atoms with Gasteiger partial charge >= 0.3 is 19.8 Å². The number of ether oxygens (including phenoxy) is 2. The molecule has 0 spiro atoms. The number of unbranched alkanes of at least 4 members (excludes halogenated alkanes) is 15. The Labute approximate surface area is 347 Å². The number of esters is 2. The third kappa shape index (κ3) is 26.6. The van der Waals surface area contributed by atoms with Gasteiger partial charge in [-0.3, -0.25) is 18.6 Å². The highest BCUT2D eigenvalue weighted by Crippen LogP contribution is 2.47. The van der Waals surface area contributed by atoms with E-state index in [4.69, 9.17) is 18.5 Å². The van der Waals surface area contributed by atoms with Gasteiger partial charge in [-0.05, 0) is 57.8 Å². The number of phosphoric acid groups is 1. The summed E-state index contributed by atoms with van der Waals surface area (Å²) in [6.45, 7) is 3.10. The Morgan fingerprint density at radius 3 is 1.52 bits per heavy atom. The fraction of sp³-hybridized carbons (Fsp3) is 0.727. The molecule has 14 heteroatoms. The van der Waals surface area contributed by atoms with E-state index >= 15 is 0 Å². The molecule has 6 N–H and O–H groups in total. The van der Waals surface area contributed by atoms with Gasteiger partial charge in [-0.25, -0.2) is 4.57 Å². The van der Waals surface area contributed by atoms with Gasteiger partial charge in [0.05, 0.1) is 6.61 Å². The molecule has 0 aromatic carbocycles. The van der Waals surface area contributed by atoms with Crippen molar-refractivity contribution in [3.05, 3.63) is 60.8 Å². The Bertz CT molecular complexity index is 1250. The Morgan fingerprint density at radius 1 is 0.552 bits per heavy atom. The Morgan fingerprint density at radius 2 is 0.983 bits per heavy atom. The van der Waals surface area contributed by atoms with Crippen LogP contribution in [0, 0.1) is 0 Å². The number of carbonyl (C=O) groups is 2. The molecule has 1 rings (SSSR count). The molecule has 1 saturated carbocycles. The fourth-order valence-corrected chi connectivity index (χ4v) is 7.13. The van der Waals surface area contributed by atoms with E-state index in [2.05, 4.69) is 50.3 Å². The van der Waals surface area contributed by atoms with Crippen molar-refractivity contribution in [2.45, 2.75) is 191 Å². The molecule has 0 amide bonds. The maximum absolute atomic E-state index is 12.8. The number of hydrogen-bond donors (Lipinski definition) is 6. The summed E-state index contributed by atoms with van der Waals surface area (Å²) >= 11 is 0. The van der Waals surface area contributed by atoms with Crippen molar-refractivity contribution in [1.29, 1.82) is 0 Å². The average Bonchev–Trinajstić information content (AvgIpc) is 3.20. The van der Waals surface area contributed by atoms with Crippen molar-refractivity contribution in [1.82, 2.24) is 0 Å². The first-order valence-corrected chi connectivity index (χ1v) is 23.1. The quantitative estimate of drug-likeness (QED) is 0.0159. The highest BCUT2D eigenvalue weighted by Gasteiger charge is 2.51. The molecule has 7 unspecified atom stereocenters. The summed E-state index contributed by atoms with van der Waals surface area (Å²) in [4.78, 5) is 35.6. The van der Waals surface area contributed by atoms with Gasteiger partial charge in [0.25, 0.3) is 0 Å². The molecular weight excluding hydrogens is 767 g/mol. The molecule has 8 atom stereocenters. The fourth-order valence-electron chi connectivity index (χ4n) is 6.16. The monoisotopic (exact) mass is 842 g/mol. The topological polar surface area (TPSA) is 210 Å². The second kappa shape index (κ2) is 34.3. The molecule has 0 saturated heterocycles. The summed E-state index contributed by atoms with van der Waals surface area (Å²) in [5.74, 6) is -1.16. The van der Waals surface area contributed by atoms with Gasteiger partial charge in [-0.1, -0.05) is 139 Å². The summed E-state index contributed by atoms with van der Waals surface area (Å²) in [5, 5.41) is 50.0. The number of aliphatic hydroxyl groups is 5. The first-order valence-electron chi connectivity index (χ1n) is 21.6. The van der Waals surface area contributed by atoms with Crippen LogP contribution >= 0.6 is 7.82 Å². The second-order valence-corrected chi connectivity index (χ2v) is 16.3. The van der Waals surface area contributed by atoms with Gasteiger partial charge in [0.2, 0.25) is 0 Å². The van der Waals surface area contributed by atoms with E-state index in [1.54, 1.807) is 0 Å². The van der Waals surface area contributed by atoms with E-state index in [1.165, 1.54) is 44.9 Å². The molecule has 0 aromatic rings. The average molecular weight is 843 g/mol. The van der Waals surface area contributed by atoms with Gasteiger partial charge in [0, 0.05) is 12.8 Å². The number of aliphatic hydroxyl groups excluding tert-OH is 5. The maximum Gasteiger partial charge on any atom is 0.472 e. The molecular formula is C44H75O13P. The Hall–Kier alpha value is -2.45. The predicted molar refractivity (Wildman–Crippen MR) is 226 cm³/mol. The molecule has 0 bridgehead atoms. The highest BCUT2D eigenvalue weighted by atomic mass is 31.2. The minimum Gasteiger partial charge on any atom is -0.462 e. The van der Waals surface area contributed by atoms with Crippen molar-refractivity contribution in [2.75, 3.05) is 13.2 Å². The zero-order valence-corrected chi connectivity index (χ0v) is 36.0. The van der Waals surface area contributed by atoms with Crippen LogP contribution < -0.4 is 0 Å². The summed E-state index contributed by atoms with van der Waals surface area (Å²) in [6.07, 6.45) is 27.2. The zero-order valence-electron chi connectivity index (χ0n) is 35.1. The number of carbonyl (C=O) groups excluding carboxylic acids is 2. The van der Waals surface area contributed by atoms with Crippen LogP contribution in [0.3, 0.4) is 0 Å². The van der Waals surface area contributed by atoms with Gasteiger partial charge < -0.3 is 39.9 Å². The van der Waals surface area contributed by atoms with Crippen molar-refractivity contribution >= 4 is 19.8 Å². The summed E-state index contributed by atoms with van der Waals surface area (Å²) in [5.41, 5.74) is 0. The van der Waals surface area contributed by atoms with Gasteiger partial charge in [0.1, 0.15) is 43.2 Å². The molecule has 1 fully saturated rings. The minimum atomic E-state index is -5.13. The highest BCUT2D eigenvalue weighted by molar-refractivity contribution is 7.47. The van der Waals surface area contributed by atoms with Crippen molar-refractivity contribution < 1.29 is 63.1 Å². The van der Waals surface area contributed by atoms with Crippen molar-refractivity contribution in [3.63, 3.8) is 0 Å². The third-order valence-electron chi connectivity index (χ3n) is 9.68. The molecule has 0 radical (unpaired) electrons. The summed E-state index contributed by atoms with van der Waals surface area (Å²) < 4.78 is 33.4. The lowest BCUT2D eigenvalue weighted by molar-refractivity contribution is -0.220. The molecule has 1 aliphatic carbocycles. The number of rotatable bonds is 34. The molecule has 13 nitrogen and oxygen atoms in total. The third-order valence-corrected chi connectivity index (χ3v) is 10.7. The van der Waals surface area contributed by atoms with Crippen LogP contribution in [0.15, 0.2) is 60.8 Å². The van der Waals surface area contributed by atoms with E-state index < -0.39 is 75.7 Å². The summed E-state index contributed by atoms with van der Waals surface area (Å²) in [7, 11) is -5.13. The lowest BCUT2D eigenvalue weighted by atomic mass is 9.85. The van der Waals surface area contributed by atoms with E-state index in [0.29, 0.717) is 12.8 Å². The molecule has 1 aliphatic rings. The first kappa shape index (κ1) is 53.6. The lowest BCUT2D eigenvalue weighted by Crippen LogP contribution is -2.64. The number of allylic oxidation sites excluding steroid dienone is 10. The number of phosphoric ester groups is 1. The molecule has 0 aromatic heterocycles. The van der Waals surface area contributed by atoms with Crippen LogP contribution in [-0.4, -0.2) is 98.3 Å². The Kier molecular flexibility index (Phi) is 31.7. The van der Waals surface area contributed by atoms with E-state index in [1.807, 2.05) is 24.3 Å². The normalized spacial score (nSPS) is 23.1. The van der Waals surface area contributed by atoms with Crippen LogP contribution in [0.4, 0.5) is 0 Å². The maximum atomic E-state index is 12.8. The molecule has 0 aliphatic heterocycles. The van der Waals surface area contributed by atoms with Crippen LogP contribution in [0.25, 0.3) is 0 Å². The first-order chi connectivity index (χ1) is 27.9. The Balaban J connectivity index is 2.53. The van der Waals surface area contributed by atoms with Crippen LogP contribution in [0.2, 0.25) is 0 Å². The lowest BCUT2D eigenvalue weighted by Gasteiger charge is -2.41. The summed E-state index contributed by atoms with van der Waals surface area (Å²) in [6, 6.07) is 0. The van der Waals surface area contributed by atoms with E-state index in [-0.39, 0.29) is 12.8 Å². The van der Waals surface area contributed by atoms with E-state index in [9.17, 15) is 44.6 Å². The standard InChI is InChI=1S/C44H75O13P/c1-3-5-7-9-11-13-15-17-18-19-21-22-24-26-28-30-32-37(45)54-34-36(35-55-58(52,53)57-44-42(50)40(48)39(47)41(49)43(44)51)56-38(46)33-31-29-27-25-23-20-16-14-12-10-8-6-4-2/h6,8,10,12,14,16,18-19,21-22,36,39-44,47-51H,3-5,7,9,11,13,15,17,20,23-35H2,1-2H3,(H,52,53)/b8-6+,12-10+,16-14+,19-18+,22-21+/t36?,39?,40-,41?,42?,43?,44?/m0/s1. The molecule has 334 valence electrons. The molecule has 0 heterocycles. The van der Waals surface area contributed by atoms with Crippen LogP contribution in [0.1, 0.15) is 149 Å². The zero-order chi connectivity index (χ0) is 42.9.